The molecule has 0 spiro atoms. The van der Waals surface area contributed by atoms with Crippen molar-refractivity contribution in [3.05, 3.63) is 47.2 Å². The molecule has 0 atom stereocenters. The number of nitrogens with zero attached hydrogens (tertiary/aromatic N) is 3. The van der Waals surface area contributed by atoms with Gasteiger partial charge >= 0.3 is 0 Å². The number of hydrogen-bond donors (Lipinski definition) is 0. The predicted molar refractivity (Wildman–Crippen MR) is 65.7 cm³/mol. The lowest BCUT2D eigenvalue weighted by Crippen LogP contribution is -1.99. The van der Waals surface area contributed by atoms with E-state index in [1.165, 1.54) is 6.39 Å². The van der Waals surface area contributed by atoms with E-state index < -0.39 is 0 Å². The fraction of sp³-hybridized carbons (Fsp3) is 0.0833. The highest BCUT2D eigenvalue weighted by Crippen LogP contribution is 2.24. The Morgan fingerprint density at radius 3 is 3.06 bits per heavy atom. The highest BCUT2D eigenvalue weighted by Gasteiger charge is 2.10. The van der Waals surface area contributed by atoms with Crippen LogP contribution in [-0.4, -0.2) is 21.0 Å². The molecular weight excluding hydrogens is 254 g/mol. The molecule has 0 aliphatic carbocycles. The second kappa shape index (κ2) is 4.27. The van der Waals surface area contributed by atoms with E-state index in [4.69, 9.17) is 11.6 Å². The summed E-state index contributed by atoms with van der Waals surface area (Å²) >= 11 is 5.97. The monoisotopic (exact) mass is 261 g/mol. The smallest absolute Gasteiger partial charge is 0.213 e. The van der Waals surface area contributed by atoms with Gasteiger partial charge in [0.05, 0.1) is 12.1 Å². The highest BCUT2D eigenvalue weighted by molar-refractivity contribution is 6.31. The van der Waals surface area contributed by atoms with Crippen LogP contribution in [0.3, 0.4) is 0 Å². The van der Waals surface area contributed by atoms with Crippen molar-refractivity contribution in [2.75, 3.05) is 0 Å². The van der Waals surface area contributed by atoms with Gasteiger partial charge in [0.25, 0.3) is 0 Å². The van der Waals surface area contributed by atoms with E-state index in [2.05, 4.69) is 14.7 Å². The first-order chi connectivity index (χ1) is 8.78. The molecule has 0 saturated carbocycles. The first kappa shape index (κ1) is 11.0. The largest absolute Gasteiger partial charge is 0.343 e. The first-order valence-electron chi connectivity index (χ1n) is 5.27. The van der Waals surface area contributed by atoms with E-state index in [-0.39, 0.29) is 0 Å². The number of benzene rings is 1. The maximum atomic E-state index is 11.0. The van der Waals surface area contributed by atoms with Gasteiger partial charge in [-0.3, -0.25) is 4.79 Å². The van der Waals surface area contributed by atoms with Crippen molar-refractivity contribution < 1.29 is 9.32 Å². The number of hydrogen-bond acceptors (Lipinski definition) is 4. The van der Waals surface area contributed by atoms with Crippen LogP contribution in [0.25, 0.3) is 10.9 Å². The fourth-order valence-corrected chi connectivity index (χ4v) is 2.10. The van der Waals surface area contributed by atoms with Crippen LogP contribution in [0, 0.1) is 0 Å². The summed E-state index contributed by atoms with van der Waals surface area (Å²) < 4.78 is 6.56. The van der Waals surface area contributed by atoms with Gasteiger partial charge < -0.3 is 9.09 Å². The molecule has 0 unspecified atom stereocenters. The summed E-state index contributed by atoms with van der Waals surface area (Å²) in [7, 11) is 0. The van der Waals surface area contributed by atoms with E-state index in [0.717, 1.165) is 17.2 Å². The van der Waals surface area contributed by atoms with Gasteiger partial charge in [0, 0.05) is 22.2 Å². The standard InChI is InChI=1S/C12H8ClN3O2/c13-9-1-2-10-8(6-17)4-16(11(10)3-9)5-12-14-7-18-15-12/h1-4,6-7H,5H2. The molecule has 3 rings (SSSR count). The van der Waals surface area contributed by atoms with Gasteiger partial charge in [-0.15, -0.1) is 0 Å². The Morgan fingerprint density at radius 1 is 1.44 bits per heavy atom. The summed E-state index contributed by atoms with van der Waals surface area (Å²) in [4.78, 5) is 15.0. The van der Waals surface area contributed by atoms with Crippen molar-refractivity contribution >= 4 is 28.8 Å². The van der Waals surface area contributed by atoms with Crippen molar-refractivity contribution in [1.29, 1.82) is 0 Å². The number of aldehydes is 1. The average Bonchev–Trinajstić information content (AvgIpc) is 2.98. The van der Waals surface area contributed by atoms with Crippen LogP contribution < -0.4 is 0 Å². The number of halogens is 1. The SMILES string of the molecule is O=Cc1cn(Cc2ncon2)c2cc(Cl)ccc12. The average molecular weight is 262 g/mol. The van der Waals surface area contributed by atoms with Crippen molar-refractivity contribution in [2.45, 2.75) is 6.54 Å². The van der Waals surface area contributed by atoms with Crippen molar-refractivity contribution in [2.24, 2.45) is 0 Å². The number of carbonyl (C=O) groups excluding carboxylic acids is 1. The molecule has 0 saturated heterocycles. The topological polar surface area (TPSA) is 60.9 Å². The molecule has 0 aliphatic heterocycles. The molecule has 1 aromatic carbocycles. The molecule has 0 fully saturated rings. The third-order valence-corrected chi connectivity index (χ3v) is 2.96. The van der Waals surface area contributed by atoms with Crippen molar-refractivity contribution in [1.82, 2.24) is 14.7 Å². The molecule has 0 N–H and O–H groups in total. The van der Waals surface area contributed by atoms with E-state index in [1.54, 1.807) is 12.3 Å². The van der Waals surface area contributed by atoms with Crippen LogP contribution >= 0.6 is 11.6 Å². The van der Waals surface area contributed by atoms with E-state index in [1.807, 2.05) is 16.7 Å². The second-order valence-electron chi connectivity index (χ2n) is 3.84. The van der Waals surface area contributed by atoms with Crippen molar-refractivity contribution in [3.8, 4) is 0 Å². The Bertz CT molecular complexity index is 704. The lowest BCUT2D eigenvalue weighted by atomic mass is 10.2. The Balaban J connectivity index is 2.16. The summed E-state index contributed by atoms with van der Waals surface area (Å²) in [6.45, 7) is 0.432. The minimum absolute atomic E-state index is 0.432. The summed E-state index contributed by atoms with van der Waals surface area (Å²) in [5.41, 5.74) is 1.49. The second-order valence-corrected chi connectivity index (χ2v) is 4.28. The zero-order valence-electron chi connectivity index (χ0n) is 9.21. The Labute approximate surface area is 107 Å². The van der Waals surface area contributed by atoms with Gasteiger partial charge in [0.1, 0.15) is 0 Å². The molecule has 0 amide bonds. The van der Waals surface area contributed by atoms with E-state index in [0.29, 0.717) is 23.0 Å². The molecule has 0 radical (unpaired) electrons. The van der Waals surface area contributed by atoms with Gasteiger partial charge in [0.2, 0.25) is 6.39 Å². The lowest BCUT2D eigenvalue weighted by Gasteiger charge is -2.01. The normalized spacial score (nSPS) is 10.9. The van der Waals surface area contributed by atoms with Gasteiger partial charge in [-0.25, -0.2) is 0 Å². The highest BCUT2D eigenvalue weighted by atomic mass is 35.5. The number of fused-ring (bicyclic) bond motifs is 1. The summed E-state index contributed by atoms with van der Waals surface area (Å²) in [5, 5.41) is 5.22. The molecule has 0 aliphatic rings. The molecular formula is C12H8ClN3O2. The molecule has 5 nitrogen and oxygen atoms in total. The number of rotatable bonds is 3. The van der Waals surface area contributed by atoms with Crippen LogP contribution in [-0.2, 0) is 6.54 Å². The maximum Gasteiger partial charge on any atom is 0.213 e. The molecule has 3 aromatic rings. The third kappa shape index (κ3) is 1.78. The van der Waals surface area contributed by atoms with Gasteiger partial charge in [0.15, 0.2) is 12.1 Å². The number of carbonyl (C=O) groups is 1. The Kier molecular flexibility index (Phi) is 2.60. The molecule has 0 bridgehead atoms. The fourth-order valence-electron chi connectivity index (χ4n) is 1.93. The third-order valence-electron chi connectivity index (χ3n) is 2.72. The van der Waals surface area contributed by atoms with Crippen LogP contribution in [0.15, 0.2) is 35.3 Å². The van der Waals surface area contributed by atoms with Crippen LogP contribution in [0.4, 0.5) is 0 Å². The zero-order chi connectivity index (χ0) is 12.5. The first-order valence-corrected chi connectivity index (χ1v) is 5.64. The summed E-state index contributed by atoms with van der Waals surface area (Å²) in [6, 6.07) is 5.40. The Morgan fingerprint density at radius 2 is 2.33 bits per heavy atom. The minimum Gasteiger partial charge on any atom is -0.343 e. The number of aromatic nitrogens is 3. The summed E-state index contributed by atoms with van der Waals surface area (Å²) in [5.74, 6) is 0.546. The molecule has 2 aromatic heterocycles. The van der Waals surface area contributed by atoms with E-state index in [9.17, 15) is 4.79 Å². The maximum absolute atomic E-state index is 11.0. The van der Waals surface area contributed by atoms with Crippen LogP contribution in [0.1, 0.15) is 16.2 Å². The minimum atomic E-state index is 0.432. The van der Waals surface area contributed by atoms with E-state index >= 15 is 0 Å². The summed E-state index contributed by atoms with van der Waals surface area (Å²) in [6.07, 6.45) is 3.85. The predicted octanol–water partition coefficient (Wildman–Crippen LogP) is 2.54. The quantitative estimate of drug-likeness (QED) is 0.680. The van der Waals surface area contributed by atoms with Gasteiger partial charge in [-0.2, -0.15) is 4.98 Å². The van der Waals surface area contributed by atoms with Gasteiger partial charge in [-0.05, 0) is 12.1 Å². The molecule has 6 heteroatoms. The van der Waals surface area contributed by atoms with Crippen molar-refractivity contribution in [3.63, 3.8) is 0 Å². The van der Waals surface area contributed by atoms with Crippen LogP contribution in [0.2, 0.25) is 5.02 Å². The Hall–Kier alpha value is -2.14. The van der Waals surface area contributed by atoms with Gasteiger partial charge in [-0.1, -0.05) is 22.8 Å². The molecule has 90 valence electrons. The van der Waals surface area contributed by atoms with Crippen LogP contribution in [0.5, 0.6) is 0 Å². The molecule has 18 heavy (non-hydrogen) atoms. The zero-order valence-corrected chi connectivity index (χ0v) is 9.96. The lowest BCUT2D eigenvalue weighted by molar-refractivity contribution is 0.112. The molecule has 2 heterocycles.